The van der Waals surface area contributed by atoms with Gasteiger partial charge in [0.2, 0.25) is 0 Å². The first kappa shape index (κ1) is 17.5. The molecular formula is C20H12F3NO2. The van der Waals surface area contributed by atoms with Crippen molar-refractivity contribution >= 4 is 16.9 Å². The highest BCUT2D eigenvalue weighted by Crippen LogP contribution is 2.31. The van der Waals surface area contributed by atoms with Gasteiger partial charge in [0.1, 0.15) is 0 Å². The van der Waals surface area contributed by atoms with Crippen molar-refractivity contribution in [1.29, 1.82) is 0 Å². The molecule has 0 unspecified atom stereocenters. The third-order valence-electron chi connectivity index (χ3n) is 3.89. The van der Waals surface area contributed by atoms with Crippen LogP contribution in [0.25, 0.3) is 22.2 Å². The number of carbonyl (C=O) groups excluding carboxylic acids is 1. The molecule has 3 aromatic rings. The Morgan fingerprint density at radius 2 is 1.81 bits per heavy atom. The zero-order chi connectivity index (χ0) is 18.9. The van der Waals surface area contributed by atoms with Crippen LogP contribution in [0.3, 0.4) is 0 Å². The van der Waals surface area contributed by atoms with Crippen molar-refractivity contribution < 1.29 is 22.7 Å². The Balaban J connectivity index is 2.14. The Bertz CT molecular complexity index is 1030. The Labute approximate surface area is 147 Å². The maximum atomic E-state index is 12.7. The number of ether oxygens (including phenoxy) is 1. The minimum atomic E-state index is -4.41. The van der Waals surface area contributed by atoms with Crippen LogP contribution in [0.1, 0.15) is 21.5 Å². The van der Waals surface area contributed by atoms with Crippen LogP contribution in [0.15, 0.2) is 48.5 Å². The van der Waals surface area contributed by atoms with E-state index in [1.165, 1.54) is 25.3 Å². The van der Waals surface area contributed by atoms with Crippen LogP contribution in [-0.4, -0.2) is 18.1 Å². The molecule has 0 aliphatic carbocycles. The number of pyridine rings is 1. The second-order valence-electron chi connectivity index (χ2n) is 5.50. The summed E-state index contributed by atoms with van der Waals surface area (Å²) in [7, 11) is 1.27. The number of fused-ring (bicyclic) bond motifs is 1. The van der Waals surface area contributed by atoms with Gasteiger partial charge in [-0.2, -0.15) is 13.2 Å². The standard InChI is InChI=1S/C20H12F3NO2/c1-3-12-10-17(13-4-7-15(8-5-13)20(21,22)23)24-18-11-14(19(25)26-2)6-9-16(12)18/h1,4-11H,2H3. The molecule has 1 heterocycles. The fourth-order valence-electron chi connectivity index (χ4n) is 2.57. The molecule has 0 aliphatic heterocycles. The third-order valence-corrected chi connectivity index (χ3v) is 3.89. The Morgan fingerprint density at radius 1 is 1.12 bits per heavy atom. The summed E-state index contributed by atoms with van der Waals surface area (Å²) in [6.45, 7) is 0. The quantitative estimate of drug-likeness (QED) is 0.495. The molecule has 0 N–H and O–H groups in total. The van der Waals surface area contributed by atoms with Crippen LogP contribution in [-0.2, 0) is 10.9 Å². The van der Waals surface area contributed by atoms with E-state index in [-0.39, 0.29) is 0 Å². The van der Waals surface area contributed by atoms with Crippen molar-refractivity contribution in [3.05, 3.63) is 65.2 Å². The topological polar surface area (TPSA) is 39.2 Å². The van der Waals surface area contributed by atoms with E-state index < -0.39 is 17.7 Å². The van der Waals surface area contributed by atoms with E-state index in [0.717, 1.165) is 12.1 Å². The number of rotatable bonds is 2. The second kappa shape index (κ2) is 6.52. The lowest BCUT2D eigenvalue weighted by Crippen LogP contribution is -2.04. The van der Waals surface area contributed by atoms with E-state index in [0.29, 0.717) is 33.3 Å². The van der Waals surface area contributed by atoms with E-state index in [2.05, 4.69) is 15.6 Å². The summed E-state index contributed by atoms with van der Waals surface area (Å²) in [5.41, 5.74) is 1.45. The van der Waals surface area contributed by atoms with Gasteiger partial charge in [-0.3, -0.25) is 0 Å². The maximum absolute atomic E-state index is 12.7. The van der Waals surface area contributed by atoms with Crippen LogP contribution < -0.4 is 0 Å². The van der Waals surface area contributed by atoms with Crippen molar-refractivity contribution in [2.24, 2.45) is 0 Å². The van der Waals surface area contributed by atoms with Crippen molar-refractivity contribution in [1.82, 2.24) is 4.98 Å². The molecule has 3 nitrogen and oxygen atoms in total. The minimum absolute atomic E-state index is 0.306. The molecule has 1 aromatic heterocycles. The maximum Gasteiger partial charge on any atom is 0.416 e. The van der Waals surface area contributed by atoms with Crippen LogP contribution in [0.2, 0.25) is 0 Å². The van der Waals surface area contributed by atoms with Gasteiger partial charge in [-0.1, -0.05) is 24.1 Å². The van der Waals surface area contributed by atoms with Crippen LogP contribution >= 0.6 is 0 Å². The fraction of sp³-hybridized carbons (Fsp3) is 0.100. The third kappa shape index (κ3) is 3.24. The molecule has 0 radical (unpaired) electrons. The van der Waals surface area contributed by atoms with Crippen LogP contribution in [0.4, 0.5) is 13.2 Å². The number of methoxy groups -OCH3 is 1. The molecule has 26 heavy (non-hydrogen) atoms. The van der Waals surface area contributed by atoms with Gasteiger partial charge in [-0.15, -0.1) is 6.42 Å². The SMILES string of the molecule is C#Cc1cc(-c2ccc(C(F)(F)F)cc2)nc2cc(C(=O)OC)ccc12. The first-order valence-corrected chi connectivity index (χ1v) is 7.51. The van der Waals surface area contributed by atoms with Crippen LogP contribution in [0.5, 0.6) is 0 Å². The number of aromatic nitrogens is 1. The fourth-order valence-corrected chi connectivity index (χ4v) is 2.57. The summed E-state index contributed by atoms with van der Waals surface area (Å²) < 4.78 is 42.8. The van der Waals surface area contributed by atoms with Gasteiger partial charge in [-0.25, -0.2) is 9.78 Å². The molecule has 0 amide bonds. The minimum Gasteiger partial charge on any atom is -0.465 e. The lowest BCUT2D eigenvalue weighted by atomic mass is 10.0. The molecule has 0 spiro atoms. The van der Waals surface area contributed by atoms with E-state index in [1.807, 2.05) is 0 Å². The van der Waals surface area contributed by atoms with E-state index in [9.17, 15) is 18.0 Å². The van der Waals surface area contributed by atoms with Gasteiger partial charge in [0, 0.05) is 16.5 Å². The van der Waals surface area contributed by atoms with Gasteiger partial charge in [0.25, 0.3) is 0 Å². The zero-order valence-electron chi connectivity index (χ0n) is 13.6. The number of esters is 1. The molecule has 130 valence electrons. The Kier molecular flexibility index (Phi) is 4.39. The van der Waals surface area contributed by atoms with Crippen molar-refractivity contribution in [2.45, 2.75) is 6.18 Å². The number of halogens is 3. The molecule has 0 saturated heterocycles. The molecular weight excluding hydrogens is 343 g/mol. The smallest absolute Gasteiger partial charge is 0.416 e. The first-order valence-electron chi connectivity index (χ1n) is 7.51. The summed E-state index contributed by atoms with van der Waals surface area (Å²) in [6, 6.07) is 11.1. The monoisotopic (exact) mass is 355 g/mol. The summed E-state index contributed by atoms with van der Waals surface area (Å²) in [6.07, 6.45) is 1.14. The van der Waals surface area contributed by atoms with Gasteiger partial charge >= 0.3 is 12.1 Å². The number of hydrogen-bond donors (Lipinski definition) is 0. The largest absolute Gasteiger partial charge is 0.465 e. The van der Waals surface area contributed by atoms with Crippen molar-refractivity contribution in [2.75, 3.05) is 7.11 Å². The molecule has 0 fully saturated rings. The highest BCUT2D eigenvalue weighted by Gasteiger charge is 2.30. The predicted octanol–water partition coefficient (Wildman–Crippen LogP) is 4.69. The number of carbonyl (C=O) groups is 1. The van der Waals surface area contributed by atoms with Crippen LogP contribution in [0, 0.1) is 12.3 Å². The molecule has 6 heteroatoms. The normalized spacial score (nSPS) is 11.2. The Hall–Kier alpha value is -3.33. The number of terminal acetylenes is 1. The molecule has 0 atom stereocenters. The van der Waals surface area contributed by atoms with Crippen molar-refractivity contribution in [3.8, 4) is 23.6 Å². The van der Waals surface area contributed by atoms with E-state index in [1.54, 1.807) is 18.2 Å². The summed E-state index contributed by atoms with van der Waals surface area (Å²) in [5, 5.41) is 0.663. The summed E-state index contributed by atoms with van der Waals surface area (Å²) in [5.74, 6) is 2.02. The lowest BCUT2D eigenvalue weighted by molar-refractivity contribution is -0.137. The molecule has 3 rings (SSSR count). The van der Waals surface area contributed by atoms with Gasteiger partial charge in [-0.05, 0) is 30.3 Å². The van der Waals surface area contributed by atoms with Gasteiger partial charge in [0.15, 0.2) is 0 Å². The first-order chi connectivity index (χ1) is 12.3. The highest BCUT2D eigenvalue weighted by molar-refractivity contribution is 5.96. The number of nitrogens with zero attached hydrogens (tertiary/aromatic N) is 1. The average molecular weight is 355 g/mol. The number of benzene rings is 2. The molecule has 2 aromatic carbocycles. The van der Waals surface area contributed by atoms with Gasteiger partial charge < -0.3 is 4.74 Å². The summed E-state index contributed by atoms with van der Waals surface area (Å²) in [4.78, 5) is 16.1. The molecule has 0 aliphatic rings. The second-order valence-corrected chi connectivity index (χ2v) is 5.50. The van der Waals surface area contributed by atoms with E-state index in [4.69, 9.17) is 6.42 Å². The van der Waals surface area contributed by atoms with Gasteiger partial charge in [0.05, 0.1) is 29.4 Å². The Morgan fingerprint density at radius 3 is 2.38 bits per heavy atom. The number of alkyl halides is 3. The summed E-state index contributed by atoms with van der Waals surface area (Å²) >= 11 is 0. The highest BCUT2D eigenvalue weighted by atomic mass is 19.4. The predicted molar refractivity (Wildman–Crippen MR) is 91.5 cm³/mol. The van der Waals surface area contributed by atoms with Crippen molar-refractivity contribution in [3.63, 3.8) is 0 Å². The average Bonchev–Trinajstić information content (AvgIpc) is 2.65. The van der Waals surface area contributed by atoms with E-state index >= 15 is 0 Å². The molecule has 0 saturated carbocycles. The number of hydrogen-bond acceptors (Lipinski definition) is 3. The lowest BCUT2D eigenvalue weighted by Gasteiger charge is -2.10. The molecule has 0 bridgehead atoms. The zero-order valence-corrected chi connectivity index (χ0v) is 13.6.